The molecule has 0 fully saturated rings. The number of aryl methyl sites for hydroxylation is 1. The maximum Gasteiger partial charge on any atom is 0.203 e. The molecule has 0 unspecified atom stereocenters. The average molecular weight is 226 g/mol. The summed E-state index contributed by atoms with van der Waals surface area (Å²) in [6, 6.07) is 0. The number of rotatable bonds is 2. The van der Waals surface area contributed by atoms with Crippen LogP contribution in [0.25, 0.3) is 11.0 Å². The molecule has 5 heteroatoms. The minimum absolute atomic E-state index is 0.524. The van der Waals surface area contributed by atoms with Crippen molar-refractivity contribution in [2.45, 2.75) is 13.3 Å². The molecule has 74 valence electrons. The molecule has 0 bridgehead atoms. The normalized spacial score (nSPS) is 10.7. The Morgan fingerprint density at radius 3 is 3.14 bits per heavy atom. The zero-order chi connectivity index (χ0) is 10.1. The van der Waals surface area contributed by atoms with E-state index in [1.807, 2.05) is 5.38 Å². The van der Waals surface area contributed by atoms with Crippen molar-refractivity contribution in [3.8, 4) is 0 Å². The Balaban J connectivity index is 2.55. The first-order valence-electron chi connectivity index (χ1n) is 4.30. The highest BCUT2D eigenvalue weighted by Crippen LogP contribution is 2.24. The van der Waals surface area contributed by atoms with Crippen LogP contribution in [0.2, 0.25) is 0 Å². The van der Waals surface area contributed by atoms with Gasteiger partial charge in [0.05, 0.1) is 12.6 Å². The lowest BCUT2D eigenvalue weighted by molar-refractivity contribution is 0.417. The van der Waals surface area contributed by atoms with Crippen LogP contribution in [0.4, 0.5) is 0 Å². The monoisotopic (exact) mass is 226 g/mol. The summed E-state index contributed by atoms with van der Waals surface area (Å²) in [5.74, 6) is 0.989. The van der Waals surface area contributed by atoms with Gasteiger partial charge in [-0.2, -0.15) is 0 Å². The minimum atomic E-state index is 0.524. The summed E-state index contributed by atoms with van der Waals surface area (Å²) < 4.78 is 5.04. The van der Waals surface area contributed by atoms with Crippen LogP contribution in [0.5, 0.6) is 0 Å². The van der Waals surface area contributed by atoms with Gasteiger partial charge in [0.25, 0.3) is 0 Å². The van der Waals surface area contributed by atoms with E-state index < -0.39 is 0 Å². The van der Waals surface area contributed by atoms with Crippen LogP contribution in [0.15, 0.2) is 5.38 Å². The maximum absolute atomic E-state index is 5.09. The third kappa shape index (κ3) is 1.42. The first-order valence-corrected chi connectivity index (χ1v) is 5.59. The number of nitrogens with zero attached hydrogens (tertiary/aromatic N) is 1. The van der Waals surface area contributed by atoms with E-state index >= 15 is 0 Å². The Hall–Kier alpha value is -0.940. The fraction of sp³-hybridized carbons (Fsp3) is 0.333. The largest absolute Gasteiger partial charge is 0.486 e. The summed E-state index contributed by atoms with van der Waals surface area (Å²) in [6.45, 7) is 2.06. The third-order valence-corrected chi connectivity index (χ3v) is 3.47. The van der Waals surface area contributed by atoms with Crippen LogP contribution < -0.4 is 0 Å². The van der Waals surface area contributed by atoms with E-state index in [4.69, 9.17) is 17.0 Å². The van der Waals surface area contributed by atoms with Crippen LogP contribution >= 0.6 is 23.6 Å². The molecule has 0 atom stereocenters. The van der Waals surface area contributed by atoms with E-state index in [2.05, 4.69) is 16.9 Å². The molecule has 2 rings (SSSR count). The van der Waals surface area contributed by atoms with Crippen LogP contribution in [0.1, 0.15) is 17.6 Å². The van der Waals surface area contributed by atoms with E-state index in [0.717, 1.165) is 28.2 Å². The molecule has 3 nitrogen and oxygen atoms in total. The first kappa shape index (κ1) is 9.61. The lowest BCUT2D eigenvalue weighted by Gasteiger charge is -1.97. The standard InChI is InChI=1S/C9H10N2OS2/c1-3-6-10-5-4-14-8(7(5)11-6)9(13)12-2/h4H,3H2,1-2H3,(H,10,11). The van der Waals surface area contributed by atoms with Gasteiger partial charge in [-0.05, 0) is 12.2 Å². The molecule has 0 saturated heterocycles. The number of methoxy groups -OCH3 is 1. The molecule has 0 aliphatic rings. The van der Waals surface area contributed by atoms with Gasteiger partial charge in [-0.3, -0.25) is 0 Å². The van der Waals surface area contributed by atoms with Gasteiger partial charge in [-0.15, -0.1) is 11.3 Å². The second kappa shape index (κ2) is 3.67. The van der Waals surface area contributed by atoms with Gasteiger partial charge in [0, 0.05) is 11.8 Å². The Kier molecular flexibility index (Phi) is 2.52. The van der Waals surface area contributed by atoms with Crippen molar-refractivity contribution in [1.29, 1.82) is 0 Å². The van der Waals surface area contributed by atoms with Crippen molar-refractivity contribution in [2.75, 3.05) is 7.11 Å². The number of hydrogen-bond donors (Lipinski definition) is 1. The first-order chi connectivity index (χ1) is 6.76. The highest BCUT2D eigenvalue weighted by molar-refractivity contribution is 7.80. The lowest BCUT2D eigenvalue weighted by atomic mass is 10.4. The summed E-state index contributed by atoms with van der Waals surface area (Å²) in [7, 11) is 1.59. The molecule has 2 aromatic rings. The zero-order valence-corrected chi connectivity index (χ0v) is 9.59. The number of thiocarbonyl (C=S) groups is 1. The fourth-order valence-corrected chi connectivity index (χ4v) is 2.38. The number of H-pyrrole nitrogens is 1. The maximum atomic E-state index is 5.09. The molecule has 14 heavy (non-hydrogen) atoms. The quantitative estimate of drug-likeness (QED) is 0.800. The summed E-state index contributed by atoms with van der Waals surface area (Å²) in [5, 5.41) is 2.52. The van der Waals surface area contributed by atoms with Gasteiger partial charge < -0.3 is 9.72 Å². The van der Waals surface area contributed by atoms with Crippen molar-refractivity contribution in [3.05, 3.63) is 16.1 Å². The van der Waals surface area contributed by atoms with Crippen LogP contribution in [-0.4, -0.2) is 22.1 Å². The number of thiophene rings is 1. The SMILES string of the molecule is CCc1nc2csc(C(=S)OC)c2[nH]1. The topological polar surface area (TPSA) is 37.9 Å². The van der Waals surface area contributed by atoms with E-state index in [0.29, 0.717) is 5.05 Å². The van der Waals surface area contributed by atoms with E-state index in [1.165, 1.54) is 0 Å². The van der Waals surface area contributed by atoms with Gasteiger partial charge in [0.15, 0.2) is 0 Å². The van der Waals surface area contributed by atoms with Crippen LogP contribution in [-0.2, 0) is 11.2 Å². The van der Waals surface area contributed by atoms with Crippen molar-refractivity contribution in [2.24, 2.45) is 0 Å². The lowest BCUT2D eigenvalue weighted by Crippen LogP contribution is -1.96. The summed E-state index contributed by atoms with van der Waals surface area (Å²) in [6.07, 6.45) is 0.901. The van der Waals surface area contributed by atoms with Crippen LogP contribution in [0, 0.1) is 0 Å². The number of aromatic nitrogens is 2. The number of imidazole rings is 1. The van der Waals surface area contributed by atoms with Crippen LogP contribution in [0.3, 0.4) is 0 Å². The molecule has 0 saturated carbocycles. The summed E-state index contributed by atoms with van der Waals surface area (Å²) >= 11 is 6.65. The highest BCUT2D eigenvalue weighted by atomic mass is 32.1. The second-order valence-corrected chi connectivity index (χ2v) is 4.10. The molecule has 0 radical (unpaired) electrons. The smallest absolute Gasteiger partial charge is 0.203 e. The molecule has 2 heterocycles. The number of hydrogen-bond acceptors (Lipinski definition) is 4. The Morgan fingerprint density at radius 2 is 2.50 bits per heavy atom. The van der Waals surface area contributed by atoms with Crippen molar-refractivity contribution in [1.82, 2.24) is 9.97 Å². The average Bonchev–Trinajstić information content (AvgIpc) is 2.74. The predicted octanol–water partition coefficient (Wildman–Crippen LogP) is 2.51. The molecule has 0 amide bonds. The van der Waals surface area contributed by atoms with E-state index in [9.17, 15) is 0 Å². The van der Waals surface area contributed by atoms with Gasteiger partial charge in [-0.25, -0.2) is 4.98 Å². The number of ether oxygens (including phenoxy) is 1. The second-order valence-electron chi connectivity index (χ2n) is 2.85. The Morgan fingerprint density at radius 1 is 1.71 bits per heavy atom. The van der Waals surface area contributed by atoms with Gasteiger partial charge in [0.2, 0.25) is 5.05 Å². The molecular weight excluding hydrogens is 216 g/mol. The fourth-order valence-electron chi connectivity index (χ4n) is 1.28. The van der Waals surface area contributed by atoms with Gasteiger partial charge in [-0.1, -0.05) is 6.92 Å². The number of fused-ring (bicyclic) bond motifs is 1. The Bertz CT molecular complexity index is 472. The summed E-state index contributed by atoms with van der Waals surface area (Å²) in [5.41, 5.74) is 1.97. The van der Waals surface area contributed by atoms with Crippen molar-refractivity contribution < 1.29 is 4.74 Å². The molecule has 0 aliphatic heterocycles. The van der Waals surface area contributed by atoms with E-state index in [-0.39, 0.29) is 0 Å². The minimum Gasteiger partial charge on any atom is -0.486 e. The van der Waals surface area contributed by atoms with Crippen molar-refractivity contribution in [3.63, 3.8) is 0 Å². The number of nitrogens with one attached hydrogen (secondary N) is 1. The molecule has 2 aromatic heterocycles. The molecule has 0 aromatic carbocycles. The zero-order valence-electron chi connectivity index (χ0n) is 7.96. The predicted molar refractivity (Wildman–Crippen MR) is 62.1 cm³/mol. The molecule has 0 aliphatic carbocycles. The molecular formula is C9H10N2OS2. The van der Waals surface area contributed by atoms with Crippen molar-refractivity contribution >= 4 is 39.6 Å². The van der Waals surface area contributed by atoms with Gasteiger partial charge in [0.1, 0.15) is 16.2 Å². The number of aromatic amines is 1. The van der Waals surface area contributed by atoms with Gasteiger partial charge >= 0.3 is 0 Å². The highest BCUT2D eigenvalue weighted by Gasteiger charge is 2.12. The molecule has 1 N–H and O–H groups in total. The summed E-state index contributed by atoms with van der Waals surface area (Å²) in [4.78, 5) is 8.61. The Labute approximate surface area is 91.1 Å². The third-order valence-electron chi connectivity index (χ3n) is 2.00. The molecule has 0 spiro atoms. The van der Waals surface area contributed by atoms with E-state index in [1.54, 1.807) is 18.4 Å².